The van der Waals surface area contributed by atoms with Crippen molar-refractivity contribution in [1.82, 2.24) is 15.5 Å². The molecule has 2 aromatic heterocycles. The molecule has 0 bridgehead atoms. The molecule has 0 fully saturated rings. The molecule has 0 aromatic carbocycles. The van der Waals surface area contributed by atoms with E-state index in [1.807, 2.05) is 23.6 Å². The fraction of sp³-hybridized carbons (Fsp3) is 0.273. The van der Waals surface area contributed by atoms with Crippen molar-refractivity contribution in [3.05, 3.63) is 17.5 Å². The predicted molar refractivity (Wildman–Crippen MR) is 71.6 cm³/mol. The van der Waals surface area contributed by atoms with Crippen LogP contribution in [0.25, 0.3) is 10.8 Å². The van der Waals surface area contributed by atoms with Gasteiger partial charge in [0.05, 0.1) is 23.1 Å². The fourth-order valence-corrected chi connectivity index (χ4v) is 2.44. The lowest BCUT2D eigenvalue weighted by Crippen LogP contribution is -2.25. The average Bonchev–Trinajstić information content (AvgIpc) is 3.07. The number of hydrogen-bond acceptors (Lipinski definition) is 7. The summed E-state index contributed by atoms with van der Waals surface area (Å²) in [5.41, 5.74) is 0. The molecule has 0 aliphatic heterocycles. The van der Waals surface area contributed by atoms with Gasteiger partial charge in [-0.05, 0) is 11.4 Å². The maximum atomic E-state index is 11.4. The maximum absolute atomic E-state index is 11.4. The van der Waals surface area contributed by atoms with Crippen molar-refractivity contribution < 1.29 is 9.21 Å². The van der Waals surface area contributed by atoms with Gasteiger partial charge in [0.1, 0.15) is 0 Å². The van der Waals surface area contributed by atoms with Crippen LogP contribution in [-0.2, 0) is 4.79 Å². The van der Waals surface area contributed by atoms with Crippen LogP contribution in [0.3, 0.4) is 0 Å². The number of nitrogens with zero attached hydrogens (tertiary/aromatic N) is 3. The number of thiophene rings is 1. The van der Waals surface area contributed by atoms with Crippen molar-refractivity contribution in [2.75, 3.05) is 12.3 Å². The van der Waals surface area contributed by atoms with Crippen LogP contribution in [0.4, 0.5) is 0 Å². The van der Waals surface area contributed by atoms with Gasteiger partial charge >= 0.3 is 0 Å². The van der Waals surface area contributed by atoms with Crippen LogP contribution in [0.2, 0.25) is 0 Å². The molecule has 0 unspecified atom stereocenters. The van der Waals surface area contributed by atoms with Gasteiger partial charge < -0.3 is 9.73 Å². The summed E-state index contributed by atoms with van der Waals surface area (Å²) in [6.07, 6.45) is 0.305. The molecule has 2 heterocycles. The van der Waals surface area contributed by atoms with Gasteiger partial charge in [0.2, 0.25) is 5.91 Å². The number of rotatable bonds is 6. The summed E-state index contributed by atoms with van der Waals surface area (Å²) in [5, 5.41) is 21.0. The average molecular weight is 294 g/mol. The molecular formula is C11H10N4O2S2. The normalized spacial score (nSPS) is 10.1. The van der Waals surface area contributed by atoms with E-state index in [0.29, 0.717) is 24.1 Å². The molecule has 0 aliphatic rings. The van der Waals surface area contributed by atoms with E-state index in [-0.39, 0.29) is 11.7 Å². The zero-order valence-corrected chi connectivity index (χ0v) is 11.5. The number of nitriles is 1. The Hall–Kier alpha value is -1.85. The molecule has 19 heavy (non-hydrogen) atoms. The summed E-state index contributed by atoms with van der Waals surface area (Å²) >= 11 is 2.69. The lowest BCUT2D eigenvalue weighted by atomic mass is 10.4. The van der Waals surface area contributed by atoms with E-state index in [4.69, 9.17) is 9.68 Å². The van der Waals surface area contributed by atoms with E-state index < -0.39 is 0 Å². The van der Waals surface area contributed by atoms with Crippen LogP contribution in [0.1, 0.15) is 6.42 Å². The molecule has 6 nitrogen and oxygen atoms in total. The SMILES string of the molecule is N#CCCNC(=O)CSc1nnc(-c2cccs2)o1. The summed E-state index contributed by atoms with van der Waals surface area (Å²) < 4.78 is 5.42. The minimum absolute atomic E-state index is 0.156. The van der Waals surface area contributed by atoms with E-state index in [1.54, 1.807) is 0 Å². The highest BCUT2D eigenvalue weighted by Crippen LogP contribution is 2.26. The third-order valence-electron chi connectivity index (χ3n) is 2.02. The predicted octanol–water partition coefficient (Wildman–Crippen LogP) is 1.92. The monoisotopic (exact) mass is 294 g/mol. The third-order valence-corrected chi connectivity index (χ3v) is 3.70. The van der Waals surface area contributed by atoms with Crippen LogP contribution in [0.5, 0.6) is 0 Å². The van der Waals surface area contributed by atoms with Crippen LogP contribution < -0.4 is 5.32 Å². The molecule has 1 amide bonds. The Kier molecular flexibility index (Phi) is 4.94. The summed E-state index contributed by atoms with van der Waals surface area (Å²) in [5.74, 6) is 0.496. The topological polar surface area (TPSA) is 91.8 Å². The Balaban J connectivity index is 1.81. The first-order valence-corrected chi connectivity index (χ1v) is 7.30. The number of amides is 1. The Labute approximate surface area is 117 Å². The van der Waals surface area contributed by atoms with Crippen molar-refractivity contribution in [3.63, 3.8) is 0 Å². The number of nitrogens with one attached hydrogen (secondary N) is 1. The van der Waals surface area contributed by atoms with Crippen molar-refractivity contribution in [3.8, 4) is 16.8 Å². The van der Waals surface area contributed by atoms with Gasteiger partial charge in [-0.25, -0.2) is 0 Å². The van der Waals surface area contributed by atoms with E-state index in [9.17, 15) is 4.79 Å². The number of aromatic nitrogens is 2. The van der Waals surface area contributed by atoms with Gasteiger partial charge in [-0.1, -0.05) is 17.8 Å². The van der Waals surface area contributed by atoms with Crippen LogP contribution in [0, 0.1) is 11.3 Å². The number of thioether (sulfide) groups is 1. The summed E-state index contributed by atoms with van der Waals surface area (Å²) in [6, 6.07) is 5.75. The molecule has 0 aliphatic carbocycles. The van der Waals surface area contributed by atoms with Gasteiger partial charge in [-0.3, -0.25) is 4.79 Å². The van der Waals surface area contributed by atoms with E-state index in [2.05, 4.69) is 15.5 Å². The van der Waals surface area contributed by atoms with E-state index in [1.165, 1.54) is 23.1 Å². The molecule has 0 saturated heterocycles. The Bertz CT molecular complexity index is 574. The first-order valence-electron chi connectivity index (χ1n) is 5.43. The van der Waals surface area contributed by atoms with Crippen molar-refractivity contribution >= 4 is 29.0 Å². The fourth-order valence-electron chi connectivity index (χ4n) is 1.20. The van der Waals surface area contributed by atoms with Crippen LogP contribution >= 0.6 is 23.1 Å². The van der Waals surface area contributed by atoms with Crippen molar-refractivity contribution in [2.24, 2.45) is 0 Å². The minimum atomic E-state index is -0.156. The standard InChI is InChI=1S/C11H10N4O2S2/c12-4-2-5-13-9(16)7-19-11-15-14-10(17-11)8-3-1-6-18-8/h1,3,6H,2,5,7H2,(H,13,16). The summed E-state index contributed by atoms with van der Waals surface area (Å²) in [4.78, 5) is 12.3. The van der Waals surface area contributed by atoms with Crippen LogP contribution in [0.15, 0.2) is 27.2 Å². The zero-order chi connectivity index (χ0) is 13.5. The Morgan fingerprint density at radius 2 is 2.47 bits per heavy atom. The third kappa shape index (κ3) is 4.08. The van der Waals surface area contributed by atoms with Crippen LogP contribution in [-0.4, -0.2) is 28.4 Å². The second-order valence-electron chi connectivity index (χ2n) is 3.40. The van der Waals surface area contributed by atoms with Gasteiger partial charge in [0.15, 0.2) is 0 Å². The van der Waals surface area contributed by atoms with Crippen molar-refractivity contribution in [1.29, 1.82) is 5.26 Å². The first-order chi connectivity index (χ1) is 9.29. The minimum Gasteiger partial charge on any atom is -0.410 e. The highest BCUT2D eigenvalue weighted by molar-refractivity contribution is 7.99. The van der Waals surface area contributed by atoms with Gasteiger partial charge in [0, 0.05) is 6.54 Å². The Morgan fingerprint density at radius 3 is 3.21 bits per heavy atom. The highest BCUT2D eigenvalue weighted by atomic mass is 32.2. The molecule has 2 aromatic rings. The number of hydrogen-bond donors (Lipinski definition) is 1. The lowest BCUT2D eigenvalue weighted by molar-refractivity contribution is -0.118. The molecule has 2 rings (SSSR count). The molecule has 0 saturated carbocycles. The van der Waals surface area contributed by atoms with Gasteiger partial charge in [-0.2, -0.15) is 5.26 Å². The number of carbonyl (C=O) groups is 1. The largest absolute Gasteiger partial charge is 0.410 e. The van der Waals surface area contributed by atoms with Crippen molar-refractivity contribution in [2.45, 2.75) is 11.6 Å². The molecule has 0 spiro atoms. The second kappa shape index (κ2) is 6.92. The maximum Gasteiger partial charge on any atom is 0.277 e. The second-order valence-corrected chi connectivity index (χ2v) is 5.27. The lowest BCUT2D eigenvalue weighted by Gasteiger charge is -1.99. The molecule has 0 atom stereocenters. The molecule has 98 valence electrons. The quantitative estimate of drug-likeness (QED) is 0.646. The first kappa shape index (κ1) is 13.6. The molecule has 1 N–H and O–H groups in total. The molecular weight excluding hydrogens is 284 g/mol. The van der Waals surface area contributed by atoms with E-state index in [0.717, 1.165) is 4.88 Å². The summed E-state index contributed by atoms with van der Waals surface area (Å²) in [7, 11) is 0. The smallest absolute Gasteiger partial charge is 0.277 e. The highest BCUT2D eigenvalue weighted by Gasteiger charge is 2.11. The van der Waals surface area contributed by atoms with E-state index >= 15 is 0 Å². The molecule has 0 radical (unpaired) electrons. The number of carbonyl (C=O) groups excluding carboxylic acids is 1. The Morgan fingerprint density at radius 1 is 1.58 bits per heavy atom. The zero-order valence-electron chi connectivity index (χ0n) is 9.83. The summed E-state index contributed by atoms with van der Waals surface area (Å²) in [6.45, 7) is 0.361. The van der Waals surface area contributed by atoms with Gasteiger partial charge in [-0.15, -0.1) is 21.5 Å². The van der Waals surface area contributed by atoms with Gasteiger partial charge in [0.25, 0.3) is 11.1 Å². The molecule has 8 heteroatoms.